The average Bonchev–Trinajstić information content (AvgIpc) is 2.27. The zero-order chi connectivity index (χ0) is 11.2. The summed E-state index contributed by atoms with van der Waals surface area (Å²) in [4.78, 5) is 5.23. The fourth-order valence-electron chi connectivity index (χ4n) is 1.55. The Morgan fingerprint density at radius 3 is 2.62 bits per heavy atom. The van der Waals surface area contributed by atoms with Crippen LogP contribution in [-0.4, -0.2) is 13.3 Å². The van der Waals surface area contributed by atoms with Gasteiger partial charge in [-0.05, 0) is 36.5 Å². The summed E-state index contributed by atoms with van der Waals surface area (Å²) >= 11 is 0. The molecule has 0 heterocycles. The number of nitrogens with zero attached hydrogens (tertiary/aromatic N) is 1. The lowest BCUT2D eigenvalue weighted by atomic mass is 9.87. The Bertz CT molecular complexity index is 341. The van der Waals surface area contributed by atoms with Crippen LogP contribution in [0.5, 0.6) is 5.75 Å². The van der Waals surface area contributed by atoms with Crippen LogP contribution in [0.2, 0.25) is 0 Å². The number of oxime groups is 1. The Hall–Kier alpha value is -1.51. The number of rotatable bonds is 5. The van der Waals surface area contributed by atoms with Crippen molar-refractivity contribution in [2.24, 2.45) is 11.1 Å². The van der Waals surface area contributed by atoms with E-state index >= 15 is 0 Å². The second kappa shape index (κ2) is 5.54. The van der Waals surface area contributed by atoms with E-state index in [9.17, 15) is 0 Å². The van der Waals surface area contributed by atoms with E-state index < -0.39 is 0 Å². The first kappa shape index (κ1) is 11.0. The predicted molar refractivity (Wildman–Crippen MR) is 63.6 cm³/mol. The lowest BCUT2D eigenvalue weighted by Gasteiger charge is -2.19. The third kappa shape index (κ3) is 2.99. The van der Waals surface area contributed by atoms with E-state index in [1.165, 1.54) is 19.3 Å². The van der Waals surface area contributed by atoms with Crippen LogP contribution in [0.25, 0.3) is 0 Å². The van der Waals surface area contributed by atoms with Gasteiger partial charge >= 0.3 is 0 Å². The van der Waals surface area contributed by atoms with Gasteiger partial charge in [-0.2, -0.15) is 0 Å². The molecule has 3 heteroatoms. The van der Waals surface area contributed by atoms with Crippen LogP contribution in [0, 0.1) is 5.92 Å². The van der Waals surface area contributed by atoms with Crippen LogP contribution in [0.15, 0.2) is 29.4 Å². The van der Waals surface area contributed by atoms with Crippen molar-refractivity contribution >= 4 is 6.21 Å². The molecule has 0 unspecified atom stereocenters. The third-order valence-electron chi connectivity index (χ3n) is 2.89. The van der Waals surface area contributed by atoms with Gasteiger partial charge in [-0.3, -0.25) is 0 Å². The zero-order valence-electron chi connectivity index (χ0n) is 9.56. The molecule has 0 spiro atoms. The fourth-order valence-corrected chi connectivity index (χ4v) is 1.55. The molecule has 86 valence electrons. The molecule has 1 aliphatic carbocycles. The minimum atomic E-state index is 0.521. The Morgan fingerprint density at radius 1 is 1.31 bits per heavy atom. The van der Waals surface area contributed by atoms with E-state index in [1.54, 1.807) is 7.11 Å². The number of benzene rings is 1. The smallest absolute Gasteiger partial charge is 0.142 e. The molecule has 0 atom stereocenters. The van der Waals surface area contributed by atoms with Crippen molar-refractivity contribution in [2.45, 2.75) is 25.9 Å². The second-order valence-electron chi connectivity index (χ2n) is 4.07. The molecule has 0 bridgehead atoms. The van der Waals surface area contributed by atoms with Crippen LogP contribution >= 0.6 is 0 Å². The van der Waals surface area contributed by atoms with Gasteiger partial charge in [0.2, 0.25) is 0 Å². The van der Waals surface area contributed by atoms with E-state index in [-0.39, 0.29) is 0 Å². The Labute approximate surface area is 96.1 Å². The molecular weight excluding hydrogens is 202 g/mol. The van der Waals surface area contributed by atoms with E-state index in [2.05, 4.69) is 5.16 Å². The highest BCUT2D eigenvalue weighted by molar-refractivity contribution is 5.60. The maximum Gasteiger partial charge on any atom is 0.142 e. The molecule has 0 aliphatic heterocycles. The molecule has 1 aromatic rings. The molecule has 0 aromatic heterocycles. The molecule has 2 rings (SSSR count). The van der Waals surface area contributed by atoms with E-state index in [0.29, 0.717) is 12.5 Å². The SMILES string of the molecule is COc1ccc(CON=CC2CCC2)cc1. The van der Waals surface area contributed by atoms with Crippen molar-refractivity contribution < 1.29 is 9.57 Å². The quantitative estimate of drug-likeness (QED) is 0.563. The minimum absolute atomic E-state index is 0.521. The highest BCUT2D eigenvalue weighted by Gasteiger charge is 2.14. The molecule has 0 saturated heterocycles. The standard InChI is InChI=1S/C13H17NO2/c1-15-13-7-5-12(6-8-13)10-16-14-9-11-3-2-4-11/h5-9,11H,2-4,10H2,1H3. The molecule has 0 radical (unpaired) electrons. The maximum absolute atomic E-state index is 5.23. The van der Waals surface area contributed by atoms with Crippen LogP contribution in [-0.2, 0) is 11.4 Å². The molecule has 3 nitrogen and oxygen atoms in total. The number of methoxy groups -OCH3 is 1. The Kier molecular flexibility index (Phi) is 3.81. The summed E-state index contributed by atoms with van der Waals surface area (Å²) in [6.07, 6.45) is 5.77. The monoisotopic (exact) mass is 219 g/mol. The summed E-state index contributed by atoms with van der Waals surface area (Å²) in [6.45, 7) is 0.521. The first-order valence-corrected chi connectivity index (χ1v) is 5.67. The summed E-state index contributed by atoms with van der Waals surface area (Å²) in [5.41, 5.74) is 1.10. The molecule has 1 fully saturated rings. The molecule has 1 saturated carbocycles. The molecular formula is C13H17NO2. The first-order chi connectivity index (χ1) is 7.88. The van der Waals surface area contributed by atoms with Crippen LogP contribution < -0.4 is 4.74 Å². The third-order valence-corrected chi connectivity index (χ3v) is 2.89. The zero-order valence-corrected chi connectivity index (χ0v) is 9.56. The minimum Gasteiger partial charge on any atom is -0.497 e. The molecule has 16 heavy (non-hydrogen) atoms. The topological polar surface area (TPSA) is 30.8 Å². The molecule has 1 aliphatic rings. The van der Waals surface area contributed by atoms with Crippen LogP contribution in [0.3, 0.4) is 0 Å². The van der Waals surface area contributed by atoms with Gasteiger partial charge in [0.1, 0.15) is 12.4 Å². The summed E-state index contributed by atoms with van der Waals surface area (Å²) in [5.74, 6) is 1.51. The van der Waals surface area contributed by atoms with Gasteiger partial charge in [-0.25, -0.2) is 0 Å². The van der Waals surface area contributed by atoms with E-state index in [1.807, 2.05) is 30.5 Å². The summed E-state index contributed by atoms with van der Waals surface area (Å²) in [6, 6.07) is 7.82. The van der Waals surface area contributed by atoms with Gasteiger partial charge in [0.15, 0.2) is 0 Å². The highest BCUT2D eigenvalue weighted by Crippen LogP contribution is 2.24. The molecule has 0 N–H and O–H groups in total. The van der Waals surface area contributed by atoms with Crippen molar-refractivity contribution in [1.29, 1.82) is 0 Å². The van der Waals surface area contributed by atoms with Gasteiger partial charge in [0, 0.05) is 6.21 Å². The predicted octanol–water partition coefficient (Wildman–Crippen LogP) is 3.00. The van der Waals surface area contributed by atoms with Crippen LogP contribution in [0.1, 0.15) is 24.8 Å². The van der Waals surface area contributed by atoms with Crippen molar-refractivity contribution in [2.75, 3.05) is 7.11 Å². The number of ether oxygens (including phenoxy) is 1. The summed E-state index contributed by atoms with van der Waals surface area (Å²) in [7, 11) is 1.66. The second-order valence-corrected chi connectivity index (χ2v) is 4.07. The van der Waals surface area contributed by atoms with Gasteiger partial charge in [0.05, 0.1) is 7.11 Å². The fraction of sp³-hybridized carbons (Fsp3) is 0.462. The Morgan fingerprint density at radius 2 is 2.06 bits per heavy atom. The lowest BCUT2D eigenvalue weighted by Crippen LogP contribution is -2.11. The normalized spacial score (nSPS) is 16.1. The van der Waals surface area contributed by atoms with Gasteiger partial charge in [-0.15, -0.1) is 0 Å². The average molecular weight is 219 g/mol. The highest BCUT2D eigenvalue weighted by atomic mass is 16.6. The number of hydrogen-bond donors (Lipinski definition) is 0. The van der Waals surface area contributed by atoms with Crippen molar-refractivity contribution in [3.05, 3.63) is 29.8 Å². The van der Waals surface area contributed by atoms with E-state index in [0.717, 1.165) is 11.3 Å². The summed E-state index contributed by atoms with van der Waals surface area (Å²) in [5, 5.41) is 3.97. The van der Waals surface area contributed by atoms with Gasteiger partial charge in [0.25, 0.3) is 0 Å². The molecule has 0 amide bonds. The molecule has 1 aromatic carbocycles. The lowest BCUT2D eigenvalue weighted by molar-refractivity contribution is 0.129. The van der Waals surface area contributed by atoms with Crippen molar-refractivity contribution in [1.82, 2.24) is 0 Å². The van der Waals surface area contributed by atoms with Crippen LogP contribution in [0.4, 0.5) is 0 Å². The van der Waals surface area contributed by atoms with Gasteiger partial charge < -0.3 is 9.57 Å². The Balaban J connectivity index is 1.73. The first-order valence-electron chi connectivity index (χ1n) is 5.67. The van der Waals surface area contributed by atoms with Crippen molar-refractivity contribution in [3.8, 4) is 5.75 Å². The summed E-state index contributed by atoms with van der Waals surface area (Å²) < 4.78 is 5.08. The number of hydrogen-bond acceptors (Lipinski definition) is 3. The van der Waals surface area contributed by atoms with Crippen molar-refractivity contribution in [3.63, 3.8) is 0 Å². The van der Waals surface area contributed by atoms with E-state index in [4.69, 9.17) is 9.57 Å². The maximum atomic E-state index is 5.23. The van der Waals surface area contributed by atoms with Gasteiger partial charge in [-0.1, -0.05) is 23.7 Å². The largest absolute Gasteiger partial charge is 0.497 e.